The molecule has 2 heterocycles. The van der Waals surface area contributed by atoms with Gasteiger partial charge in [-0.05, 0) is 18.3 Å². The number of aliphatic hydroxyl groups is 1. The monoisotopic (exact) mass is 296 g/mol. The van der Waals surface area contributed by atoms with E-state index in [9.17, 15) is 4.79 Å². The average molecular weight is 296 g/mol. The average Bonchev–Trinajstić information content (AvgIpc) is 2.80. The summed E-state index contributed by atoms with van der Waals surface area (Å²) in [4.78, 5) is 16.9. The van der Waals surface area contributed by atoms with E-state index in [1.165, 1.54) is 21.9 Å². The van der Waals surface area contributed by atoms with Crippen molar-refractivity contribution in [3.05, 3.63) is 22.1 Å². The van der Waals surface area contributed by atoms with E-state index in [1.54, 1.807) is 0 Å². The first-order chi connectivity index (χ1) is 9.45. The van der Waals surface area contributed by atoms with E-state index in [-0.39, 0.29) is 17.6 Å². The molecular weight excluding hydrogens is 276 g/mol. The summed E-state index contributed by atoms with van der Waals surface area (Å²) in [5.74, 6) is 0. The van der Waals surface area contributed by atoms with Gasteiger partial charge in [0.1, 0.15) is 0 Å². The number of nitrogens with one attached hydrogen (secondary N) is 1. The molecular formula is C13H20N4O2S. The second-order valence-electron chi connectivity index (χ2n) is 5.53. The van der Waals surface area contributed by atoms with Crippen molar-refractivity contribution in [3.63, 3.8) is 0 Å². The minimum atomic E-state index is -0.147. The van der Waals surface area contributed by atoms with Gasteiger partial charge >= 0.3 is 0 Å². The summed E-state index contributed by atoms with van der Waals surface area (Å²) in [6.45, 7) is 6.96. The molecule has 0 amide bonds. The van der Waals surface area contributed by atoms with Crippen LogP contribution in [0.1, 0.15) is 32.9 Å². The Morgan fingerprint density at radius 2 is 2.25 bits per heavy atom. The third-order valence-electron chi connectivity index (χ3n) is 3.17. The van der Waals surface area contributed by atoms with Crippen molar-refractivity contribution in [3.8, 4) is 0 Å². The van der Waals surface area contributed by atoms with Crippen LogP contribution >= 0.6 is 11.3 Å². The molecule has 7 heteroatoms. The maximum absolute atomic E-state index is 11.9. The van der Waals surface area contributed by atoms with Crippen LogP contribution in [-0.4, -0.2) is 32.9 Å². The lowest BCUT2D eigenvalue weighted by Gasteiger charge is -2.23. The molecule has 2 rings (SSSR count). The van der Waals surface area contributed by atoms with Gasteiger partial charge in [0.15, 0.2) is 0 Å². The molecule has 110 valence electrons. The van der Waals surface area contributed by atoms with E-state index in [1.807, 2.05) is 6.92 Å². The zero-order valence-corrected chi connectivity index (χ0v) is 12.8. The van der Waals surface area contributed by atoms with Crippen molar-refractivity contribution in [2.24, 2.45) is 5.41 Å². The van der Waals surface area contributed by atoms with Crippen molar-refractivity contribution in [1.29, 1.82) is 0 Å². The van der Waals surface area contributed by atoms with Crippen molar-refractivity contribution >= 4 is 21.4 Å². The van der Waals surface area contributed by atoms with Crippen molar-refractivity contribution in [1.82, 2.24) is 14.6 Å². The van der Waals surface area contributed by atoms with Crippen LogP contribution in [0.4, 0.5) is 5.13 Å². The van der Waals surface area contributed by atoms with Crippen molar-refractivity contribution in [2.45, 2.75) is 33.6 Å². The molecule has 0 fully saturated rings. The number of nitrogens with zero attached hydrogens (tertiary/aromatic N) is 3. The molecule has 0 atom stereocenters. The van der Waals surface area contributed by atoms with Gasteiger partial charge in [0, 0.05) is 24.9 Å². The second-order valence-corrected chi connectivity index (χ2v) is 6.49. The summed E-state index contributed by atoms with van der Waals surface area (Å²) in [5.41, 5.74) is 0.608. The first-order valence-electron chi connectivity index (χ1n) is 6.70. The number of anilines is 1. The highest BCUT2D eigenvalue weighted by Crippen LogP contribution is 2.22. The molecule has 0 saturated carbocycles. The highest BCUT2D eigenvalue weighted by atomic mass is 32.1. The Hall–Kier alpha value is -1.47. The SMILES string of the molecule is CCc1cc(=O)n2nc(NCC(C)(C)CCO)sc2n1. The molecule has 2 N–H and O–H groups in total. The summed E-state index contributed by atoms with van der Waals surface area (Å²) in [6.07, 6.45) is 1.44. The number of rotatable bonds is 6. The fourth-order valence-corrected chi connectivity index (χ4v) is 2.63. The summed E-state index contributed by atoms with van der Waals surface area (Å²) in [5, 5.41) is 17.1. The van der Waals surface area contributed by atoms with E-state index < -0.39 is 0 Å². The number of hydrogen-bond acceptors (Lipinski definition) is 6. The largest absolute Gasteiger partial charge is 0.396 e. The molecule has 0 aliphatic rings. The maximum Gasteiger partial charge on any atom is 0.275 e. The van der Waals surface area contributed by atoms with E-state index in [4.69, 9.17) is 5.11 Å². The van der Waals surface area contributed by atoms with E-state index in [2.05, 4.69) is 29.2 Å². The van der Waals surface area contributed by atoms with Gasteiger partial charge in [-0.1, -0.05) is 32.1 Å². The van der Waals surface area contributed by atoms with Crippen LogP contribution < -0.4 is 10.9 Å². The number of fused-ring (bicyclic) bond motifs is 1. The van der Waals surface area contributed by atoms with Gasteiger partial charge in [-0.15, -0.1) is 5.10 Å². The quantitative estimate of drug-likeness (QED) is 0.845. The predicted molar refractivity (Wildman–Crippen MR) is 80.5 cm³/mol. The van der Waals surface area contributed by atoms with E-state index >= 15 is 0 Å². The lowest BCUT2D eigenvalue weighted by molar-refractivity contribution is 0.220. The summed E-state index contributed by atoms with van der Waals surface area (Å²) < 4.78 is 1.32. The molecule has 0 radical (unpaired) electrons. The summed E-state index contributed by atoms with van der Waals surface area (Å²) >= 11 is 1.37. The van der Waals surface area contributed by atoms with Crippen LogP contribution in [0.2, 0.25) is 0 Å². The van der Waals surface area contributed by atoms with Crippen LogP contribution in [-0.2, 0) is 6.42 Å². The van der Waals surface area contributed by atoms with Crippen LogP contribution in [0.5, 0.6) is 0 Å². The number of aromatic nitrogens is 3. The topological polar surface area (TPSA) is 79.5 Å². The Balaban J connectivity index is 2.20. The standard InChI is InChI=1S/C13H20N4O2S/c1-4-9-7-10(19)17-12(15-9)20-11(16-17)14-8-13(2,3)5-6-18/h7,18H,4-6,8H2,1-3H3,(H,14,16). The third-order valence-corrected chi connectivity index (χ3v) is 4.03. The summed E-state index contributed by atoms with van der Waals surface area (Å²) in [7, 11) is 0. The Morgan fingerprint density at radius 3 is 2.90 bits per heavy atom. The highest BCUT2D eigenvalue weighted by molar-refractivity contribution is 7.20. The minimum absolute atomic E-state index is 0.0282. The smallest absolute Gasteiger partial charge is 0.275 e. The van der Waals surface area contributed by atoms with E-state index in [0.29, 0.717) is 23.1 Å². The number of hydrogen-bond donors (Lipinski definition) is 2. The first kappa shape index (κ1) is 14.9. The molecule has 6 nitrogen and oxygen atoms in total. The first-order valence-corrected chi connectivity index (χ1v) is 7.51. The van der Waals surface area contributed by atoms with Crippen molar-refractivity contribution < 1.29 is 5.11 Å². The van der Waals surface area contributed by atoms with Crippen LogP contribution in [0.15, 0.2) is 10.9 Å². The highest BCUT2D eigenvalue weighted by Gasteiger charge is 2.18. The minimum Gasteiger partial charge on any atom is -0.396 e. The van der Waals surface area contributed by atoms with Crippen molar-refractivity contribution in [2.75, 3.05) is 18.5 Å². The second kappa shape index (κ2) is 5.88. The molecule has 0 aliphatic heterocycles. The Labute approximate surface area is 121 Å². The molecule has 0 unspecified atom stereocenters. The van der Waals surface area contributed by atoms with Gasteiger partial charge < -0.3 is 10.4 Å². The Kier molecular flexibility index (Phi) is 4.39. The molecule has 0 bridgehead atoms. The van der Waals surface area contributed by atoms with Gasteiger partial charge in [0.25, 0.3) is 5.56 Å². The van der Waals surface area contributed by atoms with Gasteiger partial charge in [0.05, 0.1) is 0 Å². The van der Waals surface area contributed by atoms with Gasteiger partial charge in [0.2, 0.25) is 10.1 Å². The molecule has 2 aromatic rings. The zero-order chi connectivity index (χ0) is 14.8. The normalized spacial score (nSPS) is 12.0. The van der Waals surface area contributed by atoms with Gasteiger partial charge in [-0.2, -0.15) is 4.52 Å². The fourth-order valence-electron chi connectivity index (χ4n) is 1.81. The fraction of sp³-hybridized carbons (Fsp3) is 0.615. The Morgan fingerprint density at radius 1 is 1.50 bits per heavy atom. The van der Waals surface area contributed by atoms with Gasteiger partial charge in [-0.25, -0.2) is 4.98 Å². The lowest BCUT2D eigenvalue weighted by atomic mass is 9.90. The number of aliphatic hydroxyl groups excluding tert-OH is 1. The molecule has 20 heavy (non-hydrogen) atoms. The van der Waals surface area contributed by atoms with Crippen LogP contribution in [0, 0.1) is 5.41 Å². The molecule has 0 aromatic carbocycles. The molecule has 0 aliphatic carbocycles. The number of aryl methyl sites for hydroxylation is 1. The van der Waals surface area contributed by atoms with Crippen LogP contribution in [0.3, 0.4) is 0 Å². The molecule has 2 aromatic heterocycles. The lowest BCUT2D eigenvalue weighted by Crippen LogP contribution is -2.24. The predicted octanol–water partition coefficient (Wildman–Crippen LogP) is 1.53. The molecule has 0 saturated heterocycles. The zero-order valence-electron chi connectivity index (χ0n) is 12.0. The molecule has 0 spiro atoms. The maximum atomic E-state index is 11.9. The van der Waals surface area contributed by atoms with Gasteiger partial charge in [-0.3, -0.25) is 4.79 Å². The van der Waals surface area contributed by atoms with Crippen LogP contribution in [0.25, 0.3) is 4.96 Å². The van der Waals surface area contributed by atoms with E-state index in [0.717, 1.165) is 12.1 Å². The summed E-state index contributed by atoms with van der Waals surface area (Å²) in [6, 6.07) is 1.52. The third kappa shape index (κ3) is 3.34. The Bertz CT molecular complexity index is 647.